The fraction of sp³-hybridized carbons (Fsp3) is 0.600. The highest BCUT2D eigenvalue weighted by atomic mass is 19.1. The van der Waals surface area contributed by atoms with E-state index in [1.54, 1.807) is 6.07 Å². The summed E-state index contributed by atoms with van der Waals surface area (Å²) in [4.78, 5) is 4.66. The van der Waals surface area contributed by atoms with Gasteiger partial charge in [0.15, 0.2) is 0 Å². The van der Waals surface area contributed by atoms with E-state index in [9.17, 15) is 4.39 Å². The van der Waals surface area contributed by atoms with Crippen LogP contribution in [0.4, 0.5) is 10.1 Å². The maximum Gasteiger partial charge on any atom is 0.125 e. The lowest BCUT2D eigenvalue weighted by Gasteiger charge is -2.26. The molecule has 1 aliphatic heterocycles. The third-order valence-corrected chi connectivity index (χ3v) is 3.98. The Balaban J connectivity index is 2.10. The Morgan fingerprint density at radius 2 is 2.05 bits per heavy atom. The molecule has 0 saturated carbocycles. The first-order valence-corrected chi connectivity index (χ1v) is 7.07. The third kappa shape index (κ3) is 3.25. The van der Waals surface area contributed by atoms with E-state index in [1.807, 2.05) is 6.07 Å². The van der Waals surface area contributed by atoms with Crippen molar-refractivity contribution in [1.82, 2.24) is 4.90 Å². The van der Waals surface area contributed by atoms with Gasteiger partial charge < -0.3 is 10.0 Å². The first-order valence-electron chi connectivity index (χ1n) is 7.07. The van der Waals surface area contributed by atoms with E-state index in [0.29, 0.717) is 11.6 Å². The predicted octanol–water partition coefficient (Wildman–Crippen LogP) is 2.24. The number of aliphatic hydroxyl groups is 1. The molecule has 106 valence electrons. The molecule has 0 bridgehead atoms. The maximum absolute atomic E-state index is 13.5. The highest BCUT2D eigenvalue weighted by Gasteiger charge is 2.26. The predicted molar refractivity (Wildman–Crippen MR) is 75.9 cm³/mol. The second-order valence-electron chi connectivity index (χ2n) is 5.09. The van der Waals surface area contributed by atoms with E-state index in [0.717, 1.165) is 38.3 Å². The van der Waals surface area contributed by atoms with Crippen molar-refractivity contribution in [1.29, 1.82) is 0 Å². The van der Waals surface area contributed by atoms with Gasteiger partial charge in [-0.25, -0.2) is 4.39 Å². The Labute approximate surface area is 114 Å². The van der Waals surface area contributed by atoms with Crippen molar-refractivity contribution in [2.24, 2.45) is 0 Å². The second kappa shape index (κ2) is 6.35. The number of anilines is 1. The van der Waals surface area contributed by atoms with Crippen molar-refractivity contribution >= 4 is 5.69 Å². The highest BCUT2D eigenvalue weighted by molar-refractivity contribution is 5.50. The number of nitrogens with zero attached hydrogens (tertiary/aromatic N) is 2. The van der Waals surface area contributed by atoms with Gasteiger partial charge in [-0.15, -0.1) is 0 Å². The zero-order valence-corrected chi connectivity index (χ0v) is 11.8. The zero-order valence-electron chi connectivity index (χ0n) is 11.8. The summed E-state index contributed by atoms with van der Waals surface area (Å²) in [6, 6.07) is 5.38. The summed E-state index contributed by atoms with van der Waals surface area (Å²) in [6.45, 7) is 8.25. The Kier molecular flexibility index (Phi) is 4.77. The van der Waals surface area contributed by atoms with Crippen LogP contribution in [0, 0.1) is 5.82 Å². The van der Waals surface area contributed by atoms with E-state index >= 15 is 0 Å². The molecule has 19 heavy (non-hydrogen) atoms. The topological polar surface area (TPSA) is 26.7 Å². The first kappa shape index (κ1) is 14.3. The van der Waals surface area contributed by atoms with Crippen LogP contribution in [-0.4, -0.2) is 42.2 Å². The van der Waals surface area contributed by atoms with Crippen LogP contribution in [0.1, 0.15) is 25.8 Å². The van der Waals surface area contributed by atoms with Gasteiger partial charge >= 0.3 is 0 Å². The molecule has 3 nitrogen and oxygen atoms in total. The number of likely N-dealkylation sites (N-methyl/N-ethyl adjacent to an activating group) is 1. The fourth-order valence-corrected chi connectivity index (χ4v) is 2.92. The van der Waals surface area contributed by atoms with Crippen molar-refractivity contribution in [2.75, 3.05) is 31.1 Å². The summed E-state index contributed by atoms with van der Waals surface area (Å²) in [6.07, 6.45) is 1.12. The molecule has 1 heterocycles. The molecule has 1 N–H and O–H groups in total. The first-order chi connectivity index (χ1) is 9.17. The average Bonchev–Trinajstić information content (AvgIpc) is 2.89. The van der Waals surface area contributed by atoms with E-state index in [1.165, 1.54) is 6.07 Å². The average molecular weight is 266 g/mol. The van der Waals surface area contributed by atoms with E-state index in [4.69, 9.17) is 5.11 Å². The molecule has 1 aliphatic rings. The van der Waals surface area contributed by atoms with Crippen molar-refractivity contribution in [3.8, 4) is 0 Å². The summed E-state index contributed by atoms with van der Waals surface area (Å²) in [7, 11) is 0. The number of halogens is 1. The lowest BCUT2D eigenvalue weighted by molar-refractivity contribution is 0.232. The van der Waals surface area contributed by atoms with Crippen molar-refractivity contribution in [2.45, 2.75) is 32.9 Å². The molecule has 0 radical (unpaired) electrons. The van der Waals surface area contributed by atoms with Crippen LogP contribution >= 0.6 is 0 Å². The van der Waals surface area contributed by atoms with E-state index in [-0.39, 0.29) is 12.4 Å². The van der Waals surface area contributed by atoms with Crippen molar-refractivity contribution in [3.05, 3.63) is 29.6 Å². The molecular weight excluding hydrogens is 243 g/mol. The maximum atomic E-state index is 13.5. The molecule has 1 aromatic rings. The van der Waals surface area contributed by atoms with Crippen LogP contribution in [0.25, 0.3) is 0 Å². The summed E-state index contributed by atoms with van der Waals surface area (Å²) < 4.78 is 13.5. The zero-order chi connectivity index (χ0) is 13.8. The fourth-order valence-electron chi connectivity index (χ4n) is 2.92. The summed E-state index contributed by atoms with van der Waals surface area (Å²) in [5.74, 6) is -0.271. The van der Waals surface area contributed by atoms with E-state index in [2.05, 4.69) is 23.6 Å². The molecule has 1 atom stereocenters. The number of hydrogen-bond acceptors (Lipinski definition) is 3. The van der Waals surface area contributed by atoms with Gasteiger partial charge in [0.25, 0.3) is 0 Å². The quantitative estimate of drug-likeness (QED) is 0.885. The molecule has 1 aromatic carbocycles. The number of rotatable bonds is 5. The number of benzene rings is 1. The van der Waals surface area contributed by atoms with Crippen molar-refractivity contribution in [3.63, 3.8) is 0 Å². The van der Waals surface area contributed by atoms with Gasteiger partial charge in [-0.2, -0.15) is 0 Å². The van der Waals surface area contributed by atoms with Gasteiger partial charge in [0, 0.05) is 24.8 Å². The molecule has 0 spiro atoms. The largest absolute Gasteiger partial charge is 0.392 e. The lowest BCUT2D eigenvalue weighted by Crippen LogP contribution is -2.37. The molecule has 0 aromatic heterocycles. The molecule has 1 fully saturated rings. The van der Waals surface area contributed by atoms with Crippen LogP contribution in [0.15, 0.2) is 18.2 Å². The molecular formula is C15H23FN2O. The molecule has 0 aliphatic carbocycles. The van der Waals surface area contributed by atoms with Crippen LogP contribution in [0.5, 0.6) is 0 Å². The molecule has 1 saturated heterocycles. The number of aliphatic hydroxyl groups excluding tert-OH is 1. The van der Waals surface area contributed by atoms with Crippen LogP contribution in [0.3, 0.4) is 0 Å². The van der Waals surface area contributed by atoms with Crippen LogP contribution in [0.2, 0.25) is 0 Å². The van der Waals surface area contributed by atoms with E-state index < -0.39 is 0 Å². The van der Waals surface area contributed by atoms with Gasteiger partial charge in [0.2, 0.25) is 0 Å². The van der Waals surface area contributed by atoms with Crippen LogP contribution < -0.4 is 4.90 Å². The SMILES string of the molecule is CCN(CC)C1CCN(c2cc(F)cc(CO)c2)C1. The summed E-state index contributed by atoms with van der Waals surface area (Å²) in [5.41, 5.74) is 1.53. The summed E-state index contributed by atoms with van der Waals surface area (Å²) >= 11 is 0. The second-order valence-corrected chi connectivity index (χ2v) is 5.09. The standard InChI is InChI=1S/C15H23FN2O/c1-3-17(4-2)14-5-6-18(10-14)15-8-12(11-19)7-13(16)9-15/h7-9,14,19H,3-6,10-11H2,1-2H3. The Hall–Kier alpha value is -1.13. The lowest BCUT2D eigenvalue weighted by atomic mass is 10.2. The molecule has 2 rings (SSSR count). The summed E-state index contributed by atoms with van der Waals surface area (Å²) in [5, 5.41) is 9.15. The van der Waals surface area contributed by atoms with Gasteiger partial charge in [0.05, 0.1) is 6.61 Å². The smallest absolute Gasteiger partial charge is 0.125 e. The van der Waals surface area contributed by atoms with Gasteiger partial charge in [0.1, 0.15) is 5.82 Å². The van der Waals surface area contributed by atoms with Crippen molar-refractivity contribution < 1.29 is 9.50 Å². The Morgan fingerprint density at radius 3 is 2.68 bits per heavy atom. The van der Waals surface area contributed by atoms with Gasteiger partial charge in [-0.3, -0.25) is 4.90 Å². The minimum atomic E-state index is -0.271. The molecule has 1 unspecified atom stereocenters. The molecule has 0 amide bonds. The number of hydrogen-bond donors (Lipinski definition) is 1. The Bertz CT molecular complexity index is 421. The Morgan fingerprint density at radius 1 is 1.32 bits per heavy atom. The molecule has 4 heteroatoms. The highest BCUT2D eigenvalue weighted by Crippen LogP contribution is 2.25. The minimum absolute atomic E-state index is 0.113. The van der Waals surface area contributed by atoms with Crippen LogP contribution in [-0.2, 0) is 6.61 Å². The third-order valence-electron chi connectivity index (χ3n) is 3.98. The van der Waals surface area contributed by atoms with Gasteiger partial charge in [-0.05, 0) is 43.3 Å². The van der Waals surface area contributed by atoms with Gasteiger partial charge in [-0.1, -0.05) is 13.8 Å². The monoisotopic (exact) mass is 266 g/mol. The minimum Gasteiger partial charge on any atom is -0.392 e. The normalized spacial score (nSPS) is 19.4.